The molecule has 0 saturated carbocycles. The van der Waals surface area contributed by atoms with Crippen molar-refractivity contribution in [2.24, 2.45) is 0 Å². The van der Waals surface area contributed by atoms with Gasteiger partial charge in [-0.1, -0.05) is 235 Å². The number of nitrogens with zero attached hydrogens (tertiary/aromatic N) is 1. The second-order valence-corrected chi connectivity index (χ2v) is 21.2. The van der Waals surface area contributed by atoms with Crippen molar-refractivity contribution in [1.29, 1.82) is 0 Å². The zero-order valence-electron chi connectivity index (χ0n) is 51.6. The number of hydrogen-bond donors (Lipinski definition) is 0. The van der Waals surface area contributed by atoms with Crippen molar-refractivity contribution in [3.05, 3.63) is 170 Å². The van der Waals surface area contributed by atoms with Gasteiger partial charge in [0.1, 0.15) is 13.2 Å². The minimum Gasteiger partial charge on any atom is -0.545 e. The van der Waals surface area contributed by atoms with Crippen molar-refractivity contribution >= 4 is 17.9 Å². The Labute approximate surface area is 495 Å². The molecule has 0 radical (unpaired) electrons. The van der Waals surface area contributed by atoms with Crippen LogP contribution in [0, 0.1) is 0 Å². The third-order valence-electron chi connectivity index (χ3n) is 12.5. The number of carboxylic acids is 1. The summed E-state index contributed by atoms with van der Waals surface area (Å²) in [5.74, 6) is -2.35. The predicted molar refractivity (Wildman–Crippen MR) is 342 cm³/mol. The van der Waals surface area contributed by atoms with Gasteiger partial charge in [0.25, 0.3) is 0 Å². The second-order valence-electron chi connectivity index (χ2n) is 21.2. The molecule has 0 aromatic carbocycles. The molecule has 0 aliphatic heterocycles. The molecule has 9 heteroatoms. The molecule has 0 saturated heterocycles. The number of unbranched alkanes of at least 4 members (excludes halogenated alkanes) is 12. The number of ether oxygens (including phenoxy) is 4. The molecule has 0 fully saturated rings. The first-order valence-electron chi connectivity index (χ1n) is 31.3. The highest BCUT2D eigenvalue weighted by Gasteiger charge is 2.22. The van der Waals surface area contributed by atoms with E-state index in [2.05, 4.69) is 184 Å². The molecule has 454 valence electrons. The first-order valence-corrected chi connectivity index (χ1v) is 31.3. The Kier molecular flexibility index (Phi) is 56.7. The van der Waals surface area contributed by atoms with E-state index in [0.29, 0.717) is 23.9 Å². The molecule has 0 aliphatic carbocycles. The van der Waals surface area contributed by atoms with Gasteiger partial charge in [-0.25, -0.2) is 0 Å². The summed E-state index contributed by atoms with van der Waals surface area (Å²) < 4.78 is 22.7. The Morgan fingerprint density at radius 2 is 0.667 bits per heavy atom. The summed E-state index contributed by atoms with van der Waals surface area (Å²) in [6.07, 6.45) is 88.3. The predicted octanol–water partition coefficient (Wildman–Crippen LogP) is 17.8. The van der Waals surface area contributed by atoms with Crippen LogP contribution in [0.3, 0.4) is 0 Å². The Balaban J connectivity index is 4.32. The number of rotatable bonds is 55. The Morgan fingerprint density at radius 1 is 0.370 bits per heavy atom. The van der Waals surface area contributed by atoms with E-state index in [1.807, 2.05) is 21.1 Å². The number of allylic oxidation sites excluding steroid dienone is 28. The van der Waals surface area contributed by atoms with Gasteiger partial charge in [-0.15, -0.1) is 0 Å². The standard InChI is InChI=1S/C72H113NO8/c1-6-8-10-12-14-16-18-20-22-24-26-28-30-31-32-33-34-35-36-37-38-39-41-43-45-47-49-51-53-55-57-59-61-63-70(75)81-68(67-80-72(71(76)77)78-65-64-73(3,4)5)66-79-69(74)62-60-58-56-54-52-50-48-46-44-42-40-29-27-25-23-21-19-17-15-13-11-9-7-2/h8-11,14-17,20-23,26-29,31-32,34-35,37-38,41-44,48,50,68,72H,6-7,12-13,18-19,24-25,30,33,36,39-40,45-47,49,51-67H2,1-5H3/b10-8-,11-9-,16-14-,17-15-,22-20-,23-21-,28-26-,29-27-,32-31-,35-34-,38-37-,43-41-,44-42-,50-48-. The summed E-state index contributed by atoms with van der Waals surface area (Å²) in [6.45, 7) is 4.45. The third-order valence-corrected chi connectivity index (χ3v) is 12.5. The summed E-state index contributed by atoms with van der Waals surface area (Å²) in [5.41, 5.74) is 0. The maximum absolute atomic E-state index is 12.9. The Hall–Kier alpha value is -5.35. The third kappa shape index (κ3) is 62.1. The number of likely N-dealkylation sites (N-methyl/N-ethyl adjacent to an activating group) is 1. The number of carbonyl (C=O) groups excluding carboxylic acids is 3. The van der Waals surface area contributed by atoms with E-state index in [4.69, 9.17) is 18.9 Å². The summed E-state index contributed by atoms with van der Waals surface area (Å²) >= 11 is 0. The van der Waals surface area contributed by atoms with Gasteiger partial charge in [-0.05, 0) is 128 Å². The van der Waals surface area contributed by atoms with Crippen molar-refractivity contribution in [1.82, 2.24) is 0 Å². The zero-order valence-corrected chi connectivity index (χ0v) is 51.6. The van der Waals surface area contributed by atoms with Crippen LogP contribution in [0.2, 0.25) is 0 Å². The molecule has 9 nitrogen and oxygen atoms in total. The van der Waals surface area contributed by atoms with E-state index < -0.39 is 30.3 Å². The maximum atomic E-state index is 12.9. The summed E-state index contributed by atoms with van der Waals surface area (Å²) in [7, 11) is 5.90. The molecule has 0 aliphatic rings. The molecule has 2 unspecified atom stereocenters. The number of carboxylic acid groups (broad SMARTS) is 1. The fourth-order valence-corrected chi connectivity index (χ4v) is 7.73. The molecule has 0 N–H and O–H groups in total. The highest BCUT2D eigenvalue weighted by Crippen LogP contribution is 2.14. The van der Waals surface area contributed by atoms with Crippen LogP contribution < -0.4 is 5.11 Å². The van der Waals surface area contributed by atoms with Crippen LogP contribution in [0.4, 0.5) is 0 Å². The minimum absolute atomic E-state index is 0.131. The lowest BCUT2D eigenvalue weighted by atomic mass is 10.1. The molecule has 0 rings (SSSR count). The van der Waals surface area contributed by atoms with E-state index in [0.717, 1.165) is 141 Å². The molecular formula is C72H113NO8. The summed E-state index contributed by atoms with van der Waals surface area (Å²) in [6, 6.07) is 0. The van der Waals surface area contributed by atoms with Crippen LogP contribution in [0.1, 0.15) is 206 Å². The van der Waals surface area contributed by atoms with Gasteiger partial charge < -0.3 is 33.3 Å². The Morgan fingerprint density at radius 3 is 0.988 bits per heavy atom. The number of quaternary nitrogens is 1. The first-order chi connectivity index (χ1) is 39.6. The largest absolute Gasteiger partial charge is 0.545 e. The van der Waals surface area contributed by atoms with Crippen LogP contribution in [0.15, 0.2) is 170 Å². The lowest BCUT2D eigenvalue weighted by Crippen LogP contribution is -2.44. The van der Waals surface area contributed by atoms with Gasteiger partial charge in [-0.2, -0.15) is 0 Å². The molecule has 2 atom stereocenters. The van der Waals surface area contributed by atoms with Crippen molar-refractivity contribution in [3.8, 4) is 0 Å². The molecule has 0 aromatic heterocycles. The quantitative estimate of drug-likeness (QED) is 0.0195. The van der Waals surface area contributed by atoms with E-state index in [1.54, 1.807) is 0 Å². The van der Waals surface area contributed by atoms with Gasteiger partial charge in [-0.3, -0.25) is 9.59 Å². The molecule has 0 aromatic rings. The van der Waals surface area contributed by atoms with Gasteiger partial charge in [0.05, 0.1) is 40.3 Å². The van der Waals surface area contributed by atoms with Crippen LogP contribution in [-0.4, -0.2) is 82.3 Å². The fraction of sp³-hybridized carbons (Fsp3) is 0.569. The summed E-state index contributed by atoms with van der Waals surface area (Å²) in [5, 5.41) is 11.8. The van der Waals surface area contributed by atoms with E-state index in [9.17, 15) is 19.5 Å². The van der Waals surface area contributed by atoms with E-state index >= 15 is 0 Å². The fourth-order valence-electron chi connectivity index (χ4n) is 7.73. The highest BCUT2D eigenvalue weighted by molar-refractivity contribution is 5.70. The van der Waals surface area contributed by atoms with Crippen molar-refractivity contribution in [2.75, 3.05) is 47.5 Å². The van der Waals surface area contributed by atoms with Gasteiger partial charge in [0.15, 0.2) is 12.4 Å². The second kappa shape index (κ2) is 60.7. The summed E-state index contributed by atoms with van der Waals surface area (Å²) in [4.78, 5) is 37.4. The Bertz CT molecular complexity index is 1930. The molecule has 0 bridgehead atoms. The lowest BCUT2D eigenvalue weighted by Gasteiger charge is -2.26. The molecule has 0 spiro atoms. The van der Waals surface area contributed by atoms with Crippen LogP contribution in [0.5, 0.6) is 0 Å². The SMILES string of the molecule is CC/C=C\C/C=C\C/C=C\C/C=C\C/C=C\C/C=C\C/C=C\C/C=C\CCCCCCCCCCC(=O)OC(COC(=O)CCCCCC/C=C\C/C=C\C/C=C\C/C=C\C/C=C\C/C=C\CC)COC(OCC[N+](C)(C)C)C(=O)[O-]. The monoisotopic (exact) mass is 1120 g/mol. The normalized spacial score (nSPS) is 13.9. The van der Waals surface area contributed by atoms with Crippen molar-refractivity contribution in [2.45, 2.75) is 219 Å². The van der Waals surface area contributed by atoms with Crippen LogP contribution in [0.25, 0.3) is 0 Å². The minimum atomic E-state index is -1.64. The number of aliphatic carboxylic acids is 1. The van der Waals surface area contributed by atoms with Crippen molar-refractivity contribution < 1.29 is 42.9 Å². The van der Waals surface area contributed by atoms with Crippen LogP contribution >= 0.6 is 0 Å². The molecule has 81 heavy (non-hydrogen) atoms. The zero-order chi connectivity index (χ0) is 59.1. The van der Waals surface area contributed by atoms with E-state index in [-0.39, 0.29) is 32.7 Å². The lowest BCUT2D eigenvalue weighted by molar-refractivity contribution is -0.870. The van der Waals surface area contributed by atoms with E-state index in [1.165, 1.54) is 25.7 Å². The maximum Gasteiger partial charge on any atom is 0.306 e. The average Bonchev–Trinajstić information content (AvgIpc) is 3.44. The molecule has 0 heterocycles. The van der Waals surface area contributed by atoms with Gasteiger partial charge in [0, 0.05) is 12.8 Å². The number of carbonyl (C=O) groups is 3. The van der Waals surface area contributed by atoms with Gasteiger partial charge in [0.2, 0.25) is 0 Å². The molecular weight excluding hydrogens is 1010 g/mol. The number of esters is 2. The topological polar surface area (TPSA) is 111 Å². The van der Waals surface area contributed by atoms with Gasteiger partial charge >= 0.3 is 11.9 Å². The van der Waals surface area contributed by atoms with Crippen molar-refractivity contribution in [3.63, 3.8) is 0 Å². The smallest absolute Gasteiger partial charge is 0.306 e. The average molecular weight is 1120 g/mol. The molecule has 0 amide bonds. The first kappa shape index (κ1) is 75.7. The number of hydrogen-bond acceptors (Lipinski definition) is 8. The highest BCUT2D eigenvalue weighted by atomic mass is 16.7. The van der Waals surface area contributed by atoms with Crippen LogP contribution in [-0.2, 0) is 33.3 Å².